The molecule has 1 aromatic carbocycles. The lowest BCUT2D eigenvalue weighted by Gasteiger charge is -2.34. The Hall–Kier alpha value is -2.96. The Morgan fingerprint density at radius 2 is 1.69 bits per heavy atom. The van der Waals surface area contributed by atoms with E-state index in [2.05, 4.69) is 39.1 Å². The van der Waals surface area contributed by atoms with E-state index in [1.165, 1.54) is 37.7 Å². The summed E-state index contributed by atoms with van der Waals surface area (Å²) in [6.07, 6.45) is 8.49. The predicted molar refractivity (Wildman–Crippen MR) is 126 cm³/mol. The molecule has 2 aliphatic rings. The van der Waals surface area contributed by atoms with Gasteiger partial charge in [-0.15, -0.1) is 5.10 Å². The van der Waals surface area contributed by atoms with E-state index in [9.17, 15) is 4.79 Å². The standard InChI is InChI=1S/C25H32N6O/c1-18(2)23(32)29-14-16-30(17-15-29)25-27-24-26-13-12-22(31(24)28-25)21-10-8-20(9-11-21)19-6-4-3-5-7-19/h8-13,18-19H,3-7,14-17H2,1-2H3. The molecule has 0 atom stereocenters. The highest BCUT2D eigenvalue weighted by molar-refractivity contribution is 5.78. The first kappa shape index (κ1) is 20.9. The number of hydrogen-bond acceptors (Lipinski definition) is 5. The number of hydrogen-bond donors (Lipinski definition) is 0. The van der Waals surface area contributed by atoms with E-state index in [4.69, 9.17) is 5.10 Å². The van der Waals surface area contributed by atoms with Crippen molar-refractivity contribution in [2.24, 2.45) is 5.92 Å². The molecule has 1 amide bonds. The van der Waals surface area contributed by atoms with Crippen molar-refractivity contribution in [1.82, 2.24) is 24.5 Å². The Balaban J connectivity index is 1.35. The number of nitrogens with zero attached hydrogens (tertiary/aromatic N) is 6. The molecule has 7 nitrogen and oxygen atoms in total. The second-order valence-corrected chi connectivity index (χ2v) is 9.38. The molecule has 1 saturated heterocycles. The number of piperazine rings is 1. The van der Waals surface area contributed by atoms with Crippen molar-refractivity contribution in [3.05, 3.63) is 42.1 Å². The summed E-state index contributed by atoms with van der Waals surface area (Å²) in [5.74, 6) is 2.24. The molecule has 0 bridgehead atoms. The normalized spacial score (nSPS) is 18.0. The average molecular weight is 433 g/mol. The molecule has 0 radical (unpaired) electrons. The fourth-order valence-corrected chi connectivity index (χ4v) is 4.99. The van der Waals surface area contributed by atoms with Gasteiger partial charge in [-0.05, 0) is 30.4 Å². The van der Waals surface area contributed by atoms with E-state index in [1.54, 1.807) is 6.20 Å². The van der Waals surface area contributed by atoms with E-state index in [1.807, 2.05) is 29.3 Å². The average Bonchev–Trinajstić information content (AvgIpc) is 3.29. The summed E-state index contributed by atoms with van der Waals surface area (Å²) < 4.78 is 1.84. The van der Waals surface area contributed by atoms with Gasteiger partial charge in [-0.2, -0.15) is 9.50 Å². The van der Waals surface area contributed by atoms with E-state index < -0.39 is 0 Å². The Labute approximate surface area is 189 Å². The van der Waals surface area contributed by atoms with Crippen LogP contribution >= 0.6 is 0 Å². The van der Waals surface area contributed by atoms with E-state index in [0.717, 1.165) is 24.3 Å². The van der Waals surface area contributed by atoms with Gasteiger partial charge in [-0.25, -0.2) is 4.98 Å². The number of rotatable bonds is 4. The molecule has 0 spiro atoms. The number of carbonyl (C=O) groups excluding carboxylic acids is 1. The molecule has 2 aromatic heterocycles. The molecule has 7 heteroatoms. The number of benzene rings is 1. The van der Waals surface area contributed by atoms with Crippen LogP contribution in [0.3, 0.4) is 0 Å². The maximum atomic E-state index is 12.3. The van der Waals surface area contributed by atoms with Gasteiger partial charge in [0.15, 0.2) is 0 Å². The quantitative estimate of drug-likeness (QED) is 0.620. The van der Waals surface area contributed by atoms with Crippen LogP contribution in [0.5, 0.6) is 0 Å². The number of carbonyl (C=O) groups is 1. The van der Waals surface area contributed by atoms with Gasteiger partial charge in [-0.1, -0.05) is 57.4 Å². The largest absolute Gasteiger partial charge is 0.339 e. The Bertz CT molecular complexity index is 1080. The zero-order valence-electron chi connectivity index (χ0n) is 19.1. The van der Waals surface area contributed by atoms with Gasteiger partial charge in [0.1, 0.15) is 0 Å². The summed E-state index contributed by atoms with van der Waals surface area (Å²) >= 11 is 0. The Morgan fingerprint density at radius 3 is 2.38 bits per heavy atom. The van der Waals surface area contributed by atoms with Crippen molar-refractivity contribution in [3.63, 3.8) is 0 Å². The third kappa shape index (κ3) is 4.08. The lowest BCUT2D eigenvalue weighted by atomic mass is 9.84. The molecule has 2 fully saturated rings. The molecule has 1 saturated carbocycles. The van der Waals surface area contributed by atoms with Crippen LogP contribution in [0.25, 0.3) is 17.0 Å². The number of fused-ring (bicyclic) bond motifs is 1. The first-order valence-corrected chi connectivity index (χ1v) is 12.0. The Morgan fingerprint density at radius 1 is 0.969 bits per heavy atom. The molecular weight excluding hydrogens is 400 g/mol. The smallest absolute Gasteiger partial charge is 0.254 e. The first-order chi connectivity index (χ1) is 15.6. The minimum atomic E-state index is 0.0335. The fourth-order valence-electron chi connectivity index (χ4n) is 4.99. The van der Waals surface area contributed by atoms with E-state index in [0.29, 0.717) is 30.7 Å². The number of amides is 1. The van der Waals surface area contributed by atoms with Crippen LogP contribution in [0.1, 0.15) is 57.4 Å². The third-order valence-corrected chi connectivity index (χ3v) is 6.88. The molecular formula is C25H32N6O. The van der Waals surface area contributed by atoms with Gasteiger partial charge in [0.05, 0.1) is 5.69 Å². The first-order valence-electron chi connectivity index (χ1n) is 12.0. The van der Waals surface area contributed by atoms with Crippen LogP contribution in [0.4, 0.5) is 5.95 Å². The van der Waals surface area contributed by atoms with Crippen LogP contribution in [-0.2, 0) is 4.79 Å². The monoisotopic (exact) mass is 432 g/mol. The van der Waals surface area contributed by atoms with Gasteiger partial charge in [0, 0.05) is 43.9 Å². The van der Waals surface area contributed by atoms with Crippen molar-refractivity contribution in [2.75, 3.05) is 31.1 Å². The van der Waals surface area contributed by atoms with Gasteiger partial charge < -0.3 is 9.80 Å². The lowest BCUT2D eigenvalue weighted by Crippen LogP contribution is -2.50. The summed E-state index contributed by atoms with van der Waals surface area (Å²) in [5, 5.41) is 4.80. The SMILES string of the molecule is CC(C)C(=O)N1CCN(c2nc3nccc(-c4ccc(C5CCCCC5)cc4)n3n2)CC1. The summed E-state index contributed by atoms with van der Waals surface area (Å²) in [6.45, 7) is 6.78. The highest BCUT2D eigenvalue weighted by Crippen LogP contribution is 2.33. The lowest BCUT2D eigenvalue weighted by molar-refractivity contribution is -0.134. The summed E-state index contributed by atoms with van der Waals surface area (Å²) in [5.41, 5.74) is 3.57. The summed E-state index contributed by atoms with van der Waals surface area (Å²) in [6, 6.07) is 11.0. The van der Waals surface area contributed by atoms with Crippen molar-refractivity contribution >= 4 is 17.6 Å². The van der Waals surface area contributed by atoms with E-state index >= 15 is 0 Å². The van der Waals surface area contributed by atoms with Gasteiger partial charge >= 0.3 is 0 Å². The van der Waals surface area contributed by atoms with Crippen molar-refractivity contribution in [3.8, 4) is 11.3 Å². The van der Waals surface area contributed by atoms with Gasteiger partial charge in [0.2, 0.25) is 11.9 Å². The number of anilines is 1. The fraction of sp³-hybridized carbons (Fsp3) is 0.520. The van der Waals surface area contributed by atoms with Gasteiger partial charge in [-0.3, -0.25) is 4.79 Å². The van der Waals surface area contributed by atoms with Crippen molar-refractivity contribution < 1.29 is 4.79 Å². The van der Waals surface area contributed by atoms with Crippen LogP contribution in [-0.4, -0.2) is 56.6 Å². The Kier molecular flexibility index (Phi) is 5.81. The highest BCUT2D eigenvalue weighted by Gasteiger charge is 2.25. The van der Waals surface area contributed by atoms with Crippen LogP contribution < -0.4 is 4.90 Å². The zero-order chi connectivity index (χ0) is 22.1. The molecule has 1 aliphatic carbocycles. The van der Waals surface area contributed by atoms with Crippen LogP contribution in [0.15, 0.2) is 36.5 Å². The molecule has 0 N–H and O–H groups in total. The van der Waals surface area contributed by atoms with E-state index in [-0.39, 0.29) is 11.8 Å². The minimum Gasteiger partial charge on any atom is -0.339 e. The van der Waals surface area contributed by atoms with Crippen LogP contribution in [0, 0.1) is 5.92 Å². The van der Waals surface area contributed by atoms with Crippen LogP contribution in [0.2, 0.25) is 0 Å². The summed E-state index contributed by atoms with van der Waals surface area (Å²) in [4.78, 5) is 25.5. The second-order valence-electron chi connectivity index (χ2n) is 9.38. The molecule has 0 unspecified atom stereocenters. The maximum absolute atomic E-state index is 12.3. The molecule has 3 heterocycles. The second kappa shape index (κ2) is 8.88. The maximum Gasteiger partial charge on any atom is 0.254 e. The highest BCUT2D eigenvalue weighted by atomic mass is 16.2. The topological polar surface area (TPSA) is 66.6 Å². The molecule has 32 heavy (non-hydrogen) atoms. The molecule has 5 rings (SSSR count). The molecule has 3 aromatic rings. The minimum absolute atomic E-state index is 0.0335. The number of aromatic nitrogens is 4. The van der Waals surface area contributed by atoms with Crippen molar-refractivity contribution in [2.45, 2.75) is 51.9 Å². The summed E-state index contributed by atoms with van der Waals surface area (Å²) in [7, 11) is 0. The molecule has 1 aliphatic heterocycles. The molecule has 168 valence electrons. The predicted octanol–water partition coefficient (Wildman–Crippen LogP) is 4.14. The zero-order valence-corrected chi connectivity index (χ0v) is 19.1. The van der Waals surface area contributed by atoms with Gasteiger partial charge in [0.25, 0.3) is 5.78 Å². The van der Waals surface area contributed by atoms with Crippen molar-refractivity contribution in [1.29, 1.82) is 0 Å². The third-order valence-electron chi connectivity index (χ3n) is 6.88.